The summed E-state index contributed by atoms with van der Waals surface area (Å²) in [5.74, 6) is 0.544. The Morgan fingerprint density at radius 1 is 1.40 bits per heavy atom. The van der Waals surface area contributed by atoms with Crippen molar-refractivity contribution in [3.63, 3.8) is 0 Å². The highest BCUT2D eigenvalue weighted by Crippen LogP contribution is 2.26. The average Bonchev–Trinajstić information content (AvgIpc) is 2.46. The molecule has 2 N–H and O–H groups in total. The van der Waals surface area contributed by atoms with E-state index in [4.69, 9.17) is 5.73 Å². The third-order valence-electron chi connectivity index (χ3n) is 2.51. The van der Waals surface area contributed by atoms with Crippen LogP contribution in [0.5, 0.6) is 0 Å². The van der Waals surface area contributed by atoms with Crippen LogP contribution in [0, 0.1) is 6.92 Å². The van der Waals surface area contributed by atoms with Crippen molar-refractivity contribution in [2.75, 3.05) is 5.73 Å². The average molecular weight is 266 g/mol. The maximum Gasteiger partial charge on any atom is 0.200 e. The fraction of sp³-hybridized carbons (Fsp3) is 0.182. The van der Waals surface area contributed by atoms with Gasteiger partial charge in [0.25, 0.3) is 0 Å². The molecule has 0 saturated carbocycles. The molecule has 0 fully saturated rings. The largest absolute Gasteiger partial charge is 0.369 e. The first-order valence-electron chi connectivity index (χ1n) is 4.64. The molecule has 3 nitrogen and oxygen atoms in total. The van der Waals surface area contributed by atoms with E-state index in [2.05, 4.69) is 20.9 Å². The second-order valence-electron chi connectivity index (χ2n) is 3.47. The van der Waals surface area contributed by atoms with Crippen LogP contribution in [0.15, 0.2) is 28.7 Å². The van der Waals surface area contributed by atoms with E-state index in [0.717, 1.165) is 21.4 Å². The fourth-order valence-corrected chi connectivity index (χ4v) is 1.91. The van der Waals surface area contributed by atoms with E-state index in [1.54, 1.807) is 0 Å². The molecule has 0 aliphatic carbocycles. The molecule has 1 aromatic carbocycles. The van der Waals surface area contributed by atoms with E-state index in [1.807, 2.05) is 42.8 Å². The Balaban J connectivity index is 2.59. The van der Waals surface area contributed by atoms with Crippen LogP contribution in [0.2, 0.25) is 0 Å². The minimum Gasteiger partial charge on any atom is -0.369 e. The van der Waals surface area contributed by atoms with Crippen LogP contribution in [0.3, 0.4) is 0 Å². The van der Waals surface area contributed by atoms with Crippen LogP contribution in [-0.4, -0.2) is 9.55 Å². The summed E-state index contributed by atoms with van der Waals surface area (Å²) in [5, 5.41) is 0. The van der Waals surface area contributed by atoms with Crippen molar-refractivity contribution in [2.45, 2.75) is 6.92 Å². The lowest BCUT2D eigenvalue weighted by molar-refractivity contribution is 0.889. The number of hydrogen-bond acceptors (Lipinski definition) is 2. The number of halogens is 1. The smallest absolute Gasteiger partial charge is 0.200 e. The van der Waals surface area contributed by atoms with E-state index in [-0.39, 0.29) is 0 Å². The number of aromatic nitrogens is 2. The summed E-state index contributed by atoms with van der Waals surface area (Å²) in [6.45, 7) is 2.01. The second kappa shape index (κ2) is 3.70. The Labute approximate surface area is 97.1 Å². The van der Waals surface area contributed by atoms with Crippen LogP contribution in [0.4, 0.5) is 5.95 Å². The number of nitrogens with zero attached hydrogens (tertiary/aromatic N) is 2. The SMILES string of the molecule is Cc1c(-c2cccc(Br)c2)nc(N)n1C. The predicted molar refractivity (Wildman–Crippen MR) is 65.5 cm³/mol. The number of benzene rings is 1. The highest BCUT2D eigenvalue weighted by Gasteiger charge is 2.10. The number of imidazole rings is 1. The zero-order valence-electron chi connectivity index (χ0n) is 8.66. The number of anilines is 1. The third-order valence-corrected chi connectivity index (χ3v) is 3.01. The van der Waals surface area contributed by atoms with Gasteiger partial charge in [-0.3, -0.25) is 0 Å². The molecule has 0 saturated heterocycles. The molecule has 1 heterocycles. The maximum absolute atomic E-state index is 5.76. The summed E-state index contributed by atoms with van der Waals surface area (Å²) in [6, 6.07) is 8.04. The molecule has 1 aromatic heterocycles. The Hall–Kier alpha value is -1.29. The summed E-state index contributed by atoms with van der Waals surface area (Å²) in [4.78, 5) is 4.34. The zero-order chi connectivity index (χ0) is 11.0. The molecule has 0 bridgehead atoms. The van der Waals surface area contributed by atoms with Gasteiger partial charge in [0.2, 0.25) is 5.95 Å². The van der Waals surface area contributed by atoms with Crippen molar-refractivity contribution < 1.29 is 0 Å². The molecule has 0 spiro atoms. The van der Waals surface area contributed by atoms with Crippen molar-refractivity contribution in [1.29, 1.82) is 0 Å². The van der Waals surface area contributed by atoms with E-state index in [0.29, 0.717) is 5.95 Å². The molecule has 0 aliphatic rings. The molecule has 2 rings (SSSR count). The van der Waals surface area contributed by atoms with Crippen LogP contribution >= 0.6 is 15.9 Å². The van der Waals surface area contributed by atoms with Crippen LogP contribution in [0.1, 0.15) is 5.69 Å². The molecule has 0 aliphatic heterocycles. The minimum atomic E-state index is 0.544. The van der Waals surface area contributed by atoms with Gasteiger partial charge in [-0.05, 0) is 19.1 Å². The lowest BCUT2D eigenvalue weighted by atomic mass is 10.1. The molecule has 0 radical (unpaired) electrons. The van der Waals surface area contributed by atoms with Crippen molar-refractivity contribution in [3.05, 3.63) is 34.4 Å². The van der Waals surface area contributed by atoms with Gasteiger partial charge in [0.1, 0.15) is 0 Å². The number of nitrogens with two attached hydrogens (primary N) is 1. The van der Waals surface area contributed by atoms with Gasteiger partial charge in [0.05, 0.1) is 5.69 Å². The van der Waals surface area contributed by atoms with E-state index >= 15 is 0 Å². The predicted octanol–water partition coefficient (Wildman–Crippen LogP) is 2.74. The fourth-order valence-electron chi connectivity index (χ4n) is 1.51. The first kappa shape index (κ1) is 10.2. The van der Waals surface area contributed by atoms with Crippen molar-refractivity contribution in [1.82, 2.24) is 9.55 Å². The summed E-state index contributed by atoms with van der Waals surface area (Å²) in [7, 11) is 1.92. The third kappa shape index (κ3) is 1.77. The number of nitrogen functional groups attached to an aromatic ring is 1. The standard InChI is InChI=1S/C11H12BrN3/c1-7-10(14-11(13)15(7)2)8-4-3-5-9(12)6-8/h3-6H,1-2H3,(H2,13,14). The normalized spacial score (nSPS) is 10.6. The van der Waals surface area contributed by atoms with Gasteiger partial charge in [0, 0.05) is 22.8 Å². The maximum atomic E-state index is 5.76. The summed E-state index contributed by atoms with van der Waals surface area (Å²) in [5.41, 5.74) is 8.85. The Bertz CT molecular complexity index is 503. The Kier molecular flexibility index (Phi) is 2.52. The van der Waals surface area contributed by atoms with Gasteiger partial charge >= 0.3 is 0 Å². The van der Waals surface area contributed by atoms with Crippen LogP contribution in [0.25, 0.3) is 11.3 Å². The highest BCUT2D eigenvalue weighted by molar-refractivity contribution is 9.10. The van der Waals surface area contributed by atoms with Gasteiger partial charge in [0.15, 0.2) is 0 Å². The topological polar surface area (TPSA) is 43.8 Å². The summed E-state index contributed by atoms with van der Waals surface area (Å²) < 4.78 is 2.93. The minimum absolute atomic E-state index is 0.544. The van der Waals surface area contributed by atoms with Gasteiger partial charge in [-0.15, -0.1) is 0 Å². The molecule has 15 heavy (non-hydrogen) atoms. The molecule has 2 aromatic rings. The van der Waals surface area contributed by atoms with Gasteiger partial charge in [-0.1, -0.05) is 28.1 Å². The molecular weight excluding hydrogens is 254 g/mol. The van der Waals surface area contributed by atoms with Gasteiger partial charge in [-0.25, -0.2) is 4.98 Å². The molecule has 4 heteroatoms. The molecule has 0 atom stereocenters. The number of hydrogen-bond donors (Lipinski definition) is 1. The molecule has 78 valence electrons. The van der Waals surface area contributed by atoms with Crippen molar-refractivity contribution in [2.24, 2.45) is 7.05 Å². The lowest BCUT2D eigenvalue weighted by Gasteiger charge is -2.00. The summed E-state index contributed by atoms with van der Waals surface area (Å²) in [6.07, 6.45) is 0. The monoisotopic (exact) mass is 265 g/mol. The Morgan fingerprint density at radius 2 is 2.13 bits per heavy atom. The summed E-state index contributed by atoms with van der Waals surface area (Å²) >= 11 is 3.44. The quantitative estimate of drug-likeness (QED) is 0.862. The second-order valence-corrected chi connectivity index (χ2v) is 4.39. The zero-order valence-corrected chi connectivity index (χ0v) is 10.2. The highest BCUT2D eigenvalue weighted by atomic mass is 79.9. The van der Waals surface area contributed by atoms with E-state index in [1.165, 1.54) is 0 Å². The van der Waals surface area contributed by atoms with Gasteiger partial charge in [-0.2, -0.15) is 0 Å². The first-order chi connectivity index (χ1) is 7.09. The molecule has 0 amide bonds. The van der Waals surface area contributed by atoms with E-state index < -0.39 is 0 Å². The van der Waals surface area contributed by atoms with E-state index in [9.17, 15) is 0 Å². The molecular formula is C11H12BrN3. The first-order valence-corrected chi connectivity index (χ1v) is 5.43. The van der Waals surface area contributed by atoms with Gasteiger partial charge < -0.3 is 10.3 Å². The Morgan fingerprint density at radius 3 is 2.67 bits per heavy atom. The van der Waals surface area contributed by atoms with Crippen LogP contribution in [-0.2, 0) is 7.05 Å². The number of rotatable bonds is 1. The van der Waals surface area contributed by atoms with Crippen LogP contribution < -0.4 is 5.73 Å². The van der Waals surface area contributed by atoms with Crippen molar-refractivity contribution in [3.8, 4) is 11.3 Å². The lowest BCUT2D eigenvalue weighted by Crippen LogP contribution is -1.97. The van der Waals surface area contributed by atoms with Crippen molar-refractivity contribution >= 4 is 21.9 Å². The molecule has 0 unspecified atom stereocenters.